The van der Waals surface area contributed by atoms with Gasteiger partial charge < -0.3 is 14.2 Å². The van der Waals surface area contributed by atoms with Gasteiger partial charge in [-0.15, -0.1) is 11.3 Å². The first-order valence-electron chi connectivity index (χ1n) is 9.93. The van der Waals surface area contributed by atoms with Crippen LogP contribution in [0.15, 0.2) is 64.9 Å². The Kier molecular flexibility index (Phi) is 6.84. The number of rotatable bonds is 9. The van der Waals surface area contributed by atoms with Gasteiger partial charge in [-0.05, 0) is 53.4 Å². The van der Waals surface area contributed by atoms with Crippen molar-refractivity contribution in [3.8, 4) is 17.2 Å². The SMILES string of the molecule is COc1ccc(S(=O)(=O)N(Cc2ccc3c(c2)OCO3)[C@H](Cc2cccs2)C(=O)NO)cc1. The third kappa shape index (κ3) is 4.96. The van der Waals surface area contributed by atoms with Gasteiger partial charge in [0.1, 0.15) is 11.8 Å². The van der Waals surface area contributed by atoms with Crippen molar-refractivity contribution in [3.05, 3.63) is 70.4 Å². The lowest BCUT2D eigenvalue weighted by molar-refractivity contribution is -0.133. The molecule has 0 radical (unpaired) electrons. The fourth-order valence-corrected chi connectivity index (χ4v) is 5.80. The van der Waals surface area contributed by atoms with Crippen molar-refractivity contribution in [1.82, 2.24) is 9.79 Å². The van der Waals surface area contributed by atoms with Crippen molar-refractivity contribution < 1.29 is 32.6 Å². The second kappa shape index (κ2) is 9.79. The van der Waals surface area contributed by atoms with E-state index < -0.39 is 22.0 Å². The number of hydroxylamine groups is 1. The molecule has 174 valence electrons. The summed E-state index contributed by atoms with van der Waals surface area (Å²) in [7, 11) is -2.67. The highest BCUT2D eigenvalue weighted by Gasteiger charge is 2.36. The van der Waals surface area contributed by atoms with E-state index in [9.17, 15) is 18.4 Å². The van der Waals surface area contributed by atoms with Crippen molar-refractivity contribution in [1.29, 1.82) is 0 Å². The second-order valence-corrected chi connectivity index (χ2v) is 10.1. The zero-order chi connectivity index (χ0) is 23.4. The van der Waals surface area contributed by atoms with E-state index in [1.54, 1.807) is 29.7 Å². The largest absolute Gasteiger partial charge is 0.497 e. The summed E-state index contributed by atoms with van der Waals surface area (Å²) in [6, 6.07) is 13.4. The van der Waals surface area contributed by atoms with Crippen LogP contribution < -0.4 is 19.7 Å². The van der Waals surface area contributed by atoms with Crippen molar-refractivity contribution in [2.75, 3.05) is 13.9 Å². The number of nitrogens with one attached hydrogen (secondary N) is 1. The number of sulfonamides is 1. The summed E-state index contributed by atoms with van der Waals surface area (Å²) in [5.41, 5.74) is 2.22. The van der Waals surface area contributed by atoms with Crippen LogP contribution in [-0.4, -0.2) is 43.8 Å². The lowest BCUT2D eigenvalue weighted by Gasteiger charge is -2.29. The zero-order valence-electron chi connectivity index (χ0n) is 17.6. The number of methoxy groups -OCH3 is 1. The Morgan fingerprint density at radius 3 is 2.61 bits per heavy atom. The number of amides is 1. The van der Waals surface area contributed by atoms with Crippen LogP contribution in [0.5, 0.6) is 17.2 Å². The average molecular weight is 491 g/mol. The summed E-state index contributed by atoms with van der Waals surface area (Å²) < 4.78 is 44.4. The summed E-state index contributed by atoms with van der Waals surface area (Å²) >= 11 is 1.39. The van der Waals surface area contributed by atoms with Crippen LogP contribution in [0.2, 0.25) is 0 Å². The van der Waals surface area contributed by atoms with Gasteiger partial charge in [0.25, 0.3) is 5.91 Å². The Bertz CT molecular complexity index is 1210. The second-order valence-electron chi connectivity index (χ2n) is 7.19. The quantitative estimate of drug-likeness (QED) is 0.350. The minimum Gasteiger partial charge on any atom is -0.497 e. The molecule has 1 aliphatic heterocycles. The molecular weight excluding hydrogens is 468 g/mol. The lowest BCUT2D eigenvalue weighted by atomic mass is 10.1. The highest BCUT2D eigenvalue weighted by atomic mass is 32.2. The van der Waals surface area contributed by atoms with Gasteiger partial charge in [-0.2, -0.15) is 4.31 Å². The maximum atomic E-state index is 13.7. The standard InChI is InChI=1S/C22H22N2O7S2/c1-29-16-5-7-18(8-6-16)33(27,28)24(13-15-4-9-20-21(11-15)31-14-30-20)19(22(25)23-26)12-17-3-2-10-32-17/h2-11,19,26H,12-14H2,1H3,(H,23,25)/t19-/m1/s1. The average Bonchev–Trinajstić information content (AvgIpc) is 3.52. The molecule has 0 saturated heterocycles. The molecule has 0 spiro atoms. The van der Waals surface area contributed by atoms with Gasteiger partial charge in [-0.25, -0.2) is 13.9 Å². The molecule has 11 heteroatoms. The van der Waals surface area contributed by atoms with Crippen LogP contribution in [0.1, 0.15) is 10.4 Å². The fraction of sp³-hybridized carbons (Fsp3) is 0.227. The van der Waals surface area contributed by atoms with Crippen LogP contribution >= 0.6 is 11.3 Å². The molecule has 2 heterocycles. The molecular formula is C22H22N2O7S2. The number of hydrogen-bond acceptors (Lipinski definition) is 8. The van der Waals surface area contributed by atoms with Gasteiger partial charge >= 0.3 is 0 Å². The molecule has 1 amide bonds. The first-order valence-corrected chi connectivity index (χ1v) is 12.2. The minimum atomic E-state index is -4.16. The van der Waals surface area contributed by atoms with Gasteiger partial charge in [0, 0.05) is 17.8 Å². The molecule has 33 heavy (non-hydrogen) atoms. The van der Waals surface area contributed by atoms with Crippen LogP contribution in [0.4, 0.5) is 0 Å². The molecule has 0 bridgehead atoms. The Labute approximate surface area is 195 Å². The molecule has 1 atom stereocenters. The normalized spacial score (nSPS) is 13.7. The number of carbonyl (C=O) groups excluding carboxylic acids is 1. The maximum absolute atomic E-state index is 13.7. The Hall–Kier alpha value is -3.12. The molecule has 0 unspecified atom stereocenters. The number of nitrogens with zero attached hydrogens (tertiary/aromatic N) is 1. The van der Waals surface area contributed by atoms with E-state index in [1.165, 1.54) is 42.7 Å². The van der Waals surface area contributed by atoms with Crippen molar-refractivity contribution in [2.24, 2.45) is 0 Å². The number of hydrogen-bond donors (Lipinski definition) is 2. The van der Waals surface area contributed by atoms with Crippen LogP contribution in [0.25, 0.3) is 0 Å². The van der Waals surface area contributed by atoms with Crippen LogP contribution in [0.3, 0.4) is 0 Å². The van der Waals surface area contributed by atoms with E-state index in [4.69, 9.17) is 14.2 Å². The molecule has 0 saturated carbocycles. The maximum Gasteiger partial charge on any atom is 0.262 e. The van der Waals surface area contributed by atoms with Crippen molar-refractivity contribution >= 4 is 27.3 Å². The highest BCUT2D eigenvalue weighted by molar-refractivity contribution is 7.89. The lowest BCUT2D eigenvalue weighted by Crippen LogP contribution is -2.49. The Morgan fingerprint density at radius 2 is 1.94 bits per heavy atom. The number of fused-ring (bicyclic) bond motifs is 1. The summed E-state index contributed by atoms with van der Waals surface area (Å²) in [5.74, 6) is 0.725. The molecule has 0 aliphatic carbocycles. The number of ether oxygens (including phenoxy) is 3. The highest BCUT2D eigenvalue weighted by Crippen LogP contribution is 2.34. The molecule has 4 rings (SSSR count). The van der Waals surface area contributed by atoms with E-state index >= 15 is 0 Å². The summed E-state index contributed by atoms with van der Waals surface area (Å²) in [6.45, 7) is -0.0466. The molecule has 2 aromatic carbocycles. The monoisotopic (exact) mass is 490 g/mol. The van der Waals surface area contributed by atoms with E-state index in [2.05, 4.69) is 0 Å². The van der Waals surface area contributed by atoms with Gasteiger partial charge in [0.15, 0.2) is 11.5 Å². The van der Waals surface area contributed by atoms with Gasteiger partial charge in [0.05, 0.1) is 12.0 Å². The molecule has 0 fully saturated rings. The van der Waals surface area contributed by atoms with E-state index in [-0.39, 0.29) is 24.7 Å². The Morgan fingerprint density at radius 1 is 1.18 bits per heavy atom. The van der Waals surface area contributed by atoms with Crippen molar-refractivity contribution in [2.45, 2.75) is 23.9 Å². The van der Waals surface area contributed by atoms with Crippen LogP contribution in [-0.2, 0) is 27.8 Å². The topological polar surface area (TPSA) is 114 Å². The third-order valence-corrected chi connectivity index (χ3v) is 7.94. The first-order chi connectivity index (χ1) is 15.9. The van der Waals surface area contributed by atoms with E-state index in [1.807, 2.05) is 11.4 Å². The Balaban J connectivity index is 1.76. The first kappa shape index (κ1) is 23.1. The smallest absolute Gasteiger partial charge is 0.262 e. The summed E-state index contributed by atoms with van der Waals surface area (Å²) in [5, 5.41) is 11.2. The summed E-state index contributed by atoms with van der Waals surface area (Å²) in [6.07, 6.45) is 0.0873. The summed E-state index contributed by atoms with van der Waals surface area (Å²) in [4.78, 5) is 13.5. The van der Waals surface area contributed by atoms with Gasteiger partial charge in [0.2, 0.25) is 16.8 Å². The zero-order valence-corrected chi connectivity index (χ0v) is 19.3. The number of benzene rings is 2. The van der Waals surface area contributed by atoms with Gasteiger partial charge in [-0.1, -0.05) is 12.1 Å². The molecule has 1 aromatic heterocycles. The molecule has 2 N–H and O–H groups in total. The molecule has 9 nitrogen and oxygen atoms in total. The molecule has 3 aromatic rings. The van der Waals surface area contributed by atoms with E-state index in [0.717, 1.165) is 9.18 Å². The van der Waals surface area contributed by atoms with E-state index in [0.29, 0.717) is 22.8 Å². The van der Waals surface area contributed by atoms with Crippen LogP contribution in [0, 0.1) is 0 Å². The minimum absolute atomic E-state index is 0.00837. The predicted octanol–water partition coefficient (Wildman–Crippen LogP) is 2.79. The number of carbonyl (C=O) groups is 1. The fourth-order valence-electron chi connectivity index (χ4n) is 3.48. The van der Waals surface area contributed by atoms with Gasteiger partial charge in [-0.3, -0.25) is 10.0 Å². The third-order valence-electron chi connectivity index (χ3n) is 5.18. The predicted molar refractivity (Wildman–Crippen MR) is 120 cm³/mol. The molecule has 1 aliphatic rings. The van der Waals surface area contributed by atoms with Crippen molar-refractivity contribution in [3.63, 3.8) is 0 Å². The number of thiophene rings is 1.